The van der Waals surface area contributed by atoms with Gasteiger partial charge in [-0.3, -0.25) is 14.2 Å². The van der Waals surface area contributed by atoms with Gasteiger partial charge >= 0.3 is 5.92 Å². The van der Waals surface area contributed by atoms with E-state index in [1.165, 1.54) is 31.2 Å². The number of ether oxygens (including phenoxy) is 1. The molecule has 0 aliphatic heterocycles. The summed E-state index contributed by atoms with van der Waals surface area (Å²) in [6.45, 7) is 7.45. The smallest absolute Gasteiger partial charge is 0.314 e. The number of nitrogens with zero attached hydrogens (tertiary/aromatic N) is 3. The van der Waals surface area contributed by atoms with Crippen molar-refractivity contribution in [2.45, 2.75) is 45.8 Å². The maximum absolute atomic E-state index is 15.0. The zero-order valence-electron chi connectivity index (χ0n) is 19.7. The quantitative estimate of drug-likeness (QED) is 0.423. The van der Waals surface area contributed by atoms with Crippen LogP contribution >= 0.6 is 11.6 Å². The summed E-state index contributed by atoms with van der Waals surface area (Å²) >= 11 is 6.00. The molecule has 0 amide bonds. The molecule has 3 rings (SSSR count). The highest BCUT2D eigenvalue weighted by atomic mass is 35.5. The lowest BCUT2D eigenvalue weighted by molar-refractivity contribution is 0.0309. The van der Waals surface area contributed by atoms with Crippen LogP contribution in [0.5, 0.6) is 11.5 Å². The van der Waals surface area contributed by atoms with Crippen molar-refractivity contribution in [3.05, 3.63) is 96.6 Å². The largest absolute Gasteiger partial charge is 0.449 e. The van der Waals surface area contributed by atoms with Crippen LogP contribution in [0, 0.1) is 11.3 Å². The second-order valence-corrected chi connectivity index (χ2v) is 8.62. The number of H-pyrrole nitrogens is 1. The van der Waals surface area contributed by atoms with Crippen LogP contribution < -0.4 is 15.9 Å². The van der Waals surface area contributed by atoms with E-state index in [1.807, 2.05) is 6.07 Å². The molecule has 0 radical (unpaired) electrons. The summed E-state index contributed by atoms with van der Waals surface area (Å²) in [6.07, 6.45) is 0.287. The number of alkyl halides is 2. The van der Waals surface area contributed by atoms with E-state index in [0.717, 1.165) is 17.8 Å². The van der Waals surface area contributed by atoms with Crippen molar-refractivity contribution in [1.82, 2.24) is 14.5 Å². The van der Waals surface area contributed by atoms with Gasteiger partial charge in [-0.2, -0.15) is 14.0 Å². The van der Waals surface area contributed by atoms with E-state index >= 15 is 0 Å². The highest BCUT2D eigenvalue weighted by Gasteiger charge is 2.39. The molecule has 188 valence electrons. The molecule has 2 heterocycles. The topological polar surface area (TPSA) is 121 Å². The Labute approximate surface area is 210 Å². The number of benzene rings is 1. The van der Waals surface area contributed by atoms with Crippen LogP contribution in [0.25, 0.3) is 0 Å². The number of nitrogens with one attached hydrogen (secondary N) is 1. The van der Waals surface area contributed by atoms with Gasteiger partial charge in [0.05, 0.1) is 30.6 Å². The number of halogens is 3. The molecule has 0 saturated carbocycles. The number of aromatic amines is 1. The van der Waals surface area contributed by atoms with Crippen molar-refractivity contribution < 1.29 is 18.6 Å². The lowest BCUT2D eigenvalue weighted by Gasteiger charge is -2.20. The number of rotatable bonds is 8. The van der Waals surface area contributed by atoms with Crippen molar-refractivity contribution >= 4 is 11.6 Å². The van der Waals surface area contributed by atoms with Gasteiger partial charge in [0.15, 0.2) is 5.69 Å². The highest BCUT2D eigenvalue weighted by molar-refractivity contribution is 6.30. The third kappa shape index (κ3) is 5.37. The number of allylic oxidation sites excluding steroid dienone is 1. The average Bonchev–Trinajstić information content (AvgIpc) is 2.81. The van der Waals surface area contributed by atoms with Gasteiger partial charge in [-0.05, 0) is 55.7 Å². The van der Waals surface area contributed by atoms with Crippen molar-refractivity contribution in [2.75, 3.05) is 0 Å². The first-order valence-electron chi connectivity index (χ1n) is 10.8. The zero-order valence-corrected chi connectivity index (χ0v) is 20.5. The Morgan fingerprint density at radius 1 is 1.36 bits per heavy atom. The lowest BCUT2D eigenvalue weighted by Crippen LogP contribution is -2.29. The Balaban J connectivity index is 2.20. The molecule has 3 aromatic rings. The van der Waals surface area contributed by atoms with Crippen molar-refractivity contribution in [3.8, 4) is 17.6 Å². The van der Waals surface area contributed by atoms with Crippen LogP contribution in [0.15, 0.2) is 52.3 Å². The van der Waals surface area contributed by atoms with Gasteiger partial charge < -0.3 is 14.8 Å². The Morgan fingerprint density at radius 2 is 2.06 bits per heavy atom. The van der Waals surface area contributed by atoms with Crippen molar-refractivity contribution in [1.29, 1.82) is 5.26 Å². The Kier molecular flexibility index (Phi) is 7.77. The molecular formula is C25H23ClF2N4O4. The van der Waals surface area contributed by atoms with Gasteiger partial charge in [0.1, 0.15) is 5.75 Å². The van der Waals surface area contributed by atoms with Crippen LogP contribution in [-0.4, -0.2) is 19.6 Å². The van der Waals surface area contributed by atoms with E-state index in [2.05, 4.69) is 16.5 Å². The van der Waals surface area contributed by atoms with E-state index in [4.69, 9.17) is 16.3 Å². The summed E-state index contributed by atoms with van der Waals surface area (Å²) in [6, 6.07) is 7.20. The summed E-state index contributed by atoms with van der Waals surface area (Å²) in [7, 11) is 0. The molecule has 11 heteroatoms. The first-order valence-corrected chi connectivity index (χ1v) is 11.2. The second-order valence-electron chi connectivity index (χ2n) is 8.19. The van der Waals surface area contributed by atoms with E-state index in [1.54, 1.807) is 6.92 Å². The fraction of sp³-hybridized carbons (Fsp3) is 0.280. The van der Waals surface area contributed by atoms with Crippen LogP contribution in [-0.2, 0) is 18.9 Å². The summed E-state index contributed by atoms with van der Waals surface area (Å²) < 4.78 is 36.6. The molecule has 1 atom stereocenters. The number of nitriles is 1. The number of aliphatic hydroxyl groups is 1. The first kappa shape index (κ1) is 26.8. The molecule has 0 fully saturated rings. The Bertz CT molecular complexity index is 1490. The fourth-order valence-corrected chi connectivity index (χ4v) is 3.71. The molecule has 2 N–H and O–H groups in total. The number of pyridine rings is 1. The number of aromatic nitrogens is 3. The minimum Gasteiger partial charge on any atom is -0.449 e. The van der Waals surface area contributed by atoms with E-state index in [0.29, 0.717) is 17.7 Å². The molecule has 2 aromatic heterocycles. The maximum Gasteiger partial charge on any atom is 0.314 e. The molecule has 0 aliphatic rings. The fourth-order valence-electron chi connectivity index (χ4n) is 3.48. The van der Waals surface area contributed by atoms with Crippen molar-refractivity contribution in [3.63, 3.8) is 0 Å². The summed E-state index contributed by atoms with van der Waals surface area (Å²) in [5.41, 5.74) is -1.74. The van der Waals surface area contributed by atoms with Gasteiger partial charge in [-0.1, -0.05) is 25.1 Å². The van der Waals surface area contributed by atoms with Gasteiger partial charge in [0.2, 0.25) is 5.75 Å². The molecule has 0 bridgehead atoms. The number of aryl methyl sites for hydroxylation is 1. The van der Waals surface area contributed by atoms with Crippen LogP contribution in [0.4, 0.5) is 8.78 Å². The Morgan fingerprint density at radius 3 is 2.64 bits per heavy atom. The van der Waals surface area contributed by atoms with E-state index in [9.17, 15) is 28.7 Å². The maximum atomic E-state index is 15.0. The van der Waals surface area contributed by atoms with Crippen molar-refractivity contribution in [2.24, 2.45) is 0 Å². The van der Waals surface area contributed by atoms with Gasteiger partial charge in [-0.25, -0.2) is 4.98 Å². The lowest BCUT2D eigenvalue weighted by atomic mass is 10.1. The minimum atomic E-state index is -3.70. The van der Waals surface area contributed by atoms with Gasteiger partial charge in [0.25, 0.3) is 11.1 Å². The summed E-state index contributed by atoms with van der Waals surface area (Å²) in [5.74, 6) is -4.57. The second kappa shape index (κ2) is 10.4. The monoisotopic (exact) mass is 516 g/mol. The van der Waals surface area contributed by atoms with Crippen LogP contribution in [0.3, 0.4) is 0 Å². The van der Waals surface area contributed by atoms with Crippen LogP contribution in [0.1, 0.15) is 55.0 Å². The Hall–Kier alpha value is -3.81. The highest BCUT2D eigenvalue weighted by Crippen LogP contribution is 2.38. The van der Waals surface area contributed by atoms with Crippen LogP contribution in [0.2, 0.25) is 5.02 Å². The third-order valence-electron chi connectivity index (χ3n) is 5.44. The molecule has 36 heavy (non-hydrogen) atoms. The number of aliphatic hydroxyl groups excluding tert-OH is 1. The molecule has 1 unspecified atom stereocenters. The molecule has 0 saturated heterocycles. The summed E-state index contributed by atoms with van der Waals surface area (Å²) in [4.78, 5) is 32.1. The molecule has 8 nitrogen and oxygen atoms in total. The van der Waals surface area contributed by atoms with Gasteiger partial charge in [-0.15, -0.1) is 0 Å². The average molecular weight is 517 g/mol. The minimum absolute atomic E-state index is 0.0908. The number of hydrogen-bond donors (Lipinski definition) is 2. The molecule has 0 aliphatic carbocycles. The molecule has 0 spiro atoms. The normalized spacial score (nSPS) is 12.2. The predicted molar refractivity (Wildman–Crippen MR) is 130 cm³/mol. The van der Waals surface area contributed by atoms with E-state index in [-0.39, 0.29) is 28.4 Å². The number of hydrogen-bond acceptors (Lipinski definition) is 6. The SMILES string of the molecule is C=C(C)C(F)(F)c1ncn(Cc2cc(C(C)O)c(=O)[nH]c2CC)c(=O)c1Oc1cc(Cl)cc(C#N)c1. The standard InChI is InChI=1S/C25H23ClF2N4O4/c1-5-20-16(8-19(14(4)33)23(34)31-20)11-32-12-30-22(25(27,28)13(2)3)21(24(32)35)36-18-7-15(10-29)6-17(26)9-18/h6-9,12,14,33H,2,5,11H2,1,3-4H3,(H,31,34). The summed E-state index contributed by atoms with van der Waals surface area (Å²) in [5, 5.41) is 19.2. The molecule has 1 aromatic carbocycles. The zero-order chi connectivity index (χ0) is 26.8. The predicted octanol–water partition coefficient (Wildman–Crippen LogP) is 4.58. The molecular weight excluding hydrogens is 494 g/mol. The first-order chi connectivity index (χ1) is 16.9. The van der Waals surface area contributed by atoms with E-state index < -0.39 is 40.2 Å². The third-order valence-corrected chi connectivity index (χ3v) is 5.66. The van der Waals surface area contributed by atoms with Gasteiger partial charge in [0, 0.05) is 16.3 Å².